The average molecular weight is 388 g/mol. The van der Waals surface area contributed by atoms with Crippen LogP contribution in [-0.2, 0) is 27.7 Å². The number of aliphatic hydroxyl groups is 1. The predicted molar refractivity (Wildman–Crippen MR) is 101 cm³/mol. The summed E-state index contributed by atoms with van der Waals surface area (Å²) in [4.78, 5) is 6.54. The Balaban J connectivity index is 2.19. The van der Waals surface area contributed by atoms with Gasteiger partial charge in [-0.15, -0.1) is 0 Å². The average Bonchev–Trinajstić information content (AvgIpc) is 3.01. The summed E-state index contributed by atoms with van der Waals surface area (Å²) in [6.45, 7) is 7.59. The lowest BCUT2D eigenvalue weighted by Gasteiger charge is -2.31. The molecule has 0 aromatic carbocycles. The molecule has 2 heterocycles. The third-order valence-electron chi connectivity index (χ3n) is 4.91. The van der Waals surface area contributed by atoms with E-state index >= 15 is 0 Å². The van der Waals surface area contributed by atoms with Gasteiger partial charge < -0.3 is 14.4 Å². The highest BCUT2D eigenvalue weighted by molar-refractivity contribution is 7.91. The first-order chi connectivity index (χ1) is 12.4. The highest BCUT2D eigenvalue weighted by Crippen LogP contribution is 2.21. The number of methoxy groups -OCH3 is 1. The Kier molecular flexibility index (Phi) is 8.06. The molecule has 1 aromatic heterocycles. The van der Waals surface area contributed by atoms with Crippen LogP contribution < -0.4 is 0 Å². The second-order valence-corrected chi connectivity index (χ2v) is 9.61. The molecule has 0 spiro atoms. The number of likely N-dealkylation sites (tertiary alicyclic amines) is 1. The van der Waals surface area contributed by atoms with Crippen molar-refractivity contribution in [1.82, 2.24) is 14.5 Å². The monoisotopic (exact) mass is 387 g/mol. The zero-order chi connectivity index (χ0) is 19.2. The number of hydrogen-bond acceptors (Lipinski definition) is 6. The lowest BCUT2D eigenvalue weighted by Crippen LogP contribution is -2.37. The van der Waals surface area contributed by atoms with Crippen LogP contribution in [0.1, 0.15) is 38.8 Å². The van der Waals surface area contributed by atoms with Crippen molar-refractivity contribution in [2.24, 2.45) is 11.8 Å². The van der Waals surface area contributed by atoms with Gasteiger partial charge in [0.05, 0.1) is 24.3 Å². The van der Waals surface area contributed by atoms with Gasteiger partial charge in [-0.3, -0.25) is 4.90 Å². The number of rotatable bonds is 10. The summed E-state index contributed by atoms with van der Waals surface area (Å²) in [5, 5.41) is 9.57. The third-order valence-corrected chi connectivity index (χ3v) is 6.56. The lowest BCUT2D eigenvalue weighted by molar-refractivity contribution is 0.113. The minimum absolute atomic E-state index is 0.115. The summed E-state index contributed by atoms with van der Waals surface area (Å²) in [5.74, 6) is 0.744. The molecule has 150 valence electrons. The molecule has 1 atom stereocenters. The molecule has 2 rings (SSSR count). The first-order valence-electron chi connectivity index (χ1n) is 9.46. The van der Waals surface area contributed by atoms with E-state index in [0.29, 0.717) is 38.0 Å². The maximum Gasteiger partial charge on any atom is 0.227 e. The van der Waals surface area contributed by atoms with Gasteiger partial charge in [-0.2, -0.15) is 0 Å². The van der Waals surface area contributed by atoms with Gasteiger partial charge in [0.15, 0.2) is 0 Å². The molecule has 1 aliphatic heterocycles. The minimum atomic E-state index is -3.41. The van der Waals surface area contributed by atoms with E-state index in [4.69, 9.17) is 4.74 Å². The first-order valence-corrected chi connectivity index (χ1v) is 11.1. The van der Waals surface area contributed by atoms with Gasteiger partial charge in [-0.25, -0.2) is 13.4 Å². The van der Waals surface area contributed by atoms with E-state index in [1.165, 1.54) is 0 Å². The Morgan fingerprint density at radius 2 is 2.19 bits per heavy atom. The largest absolute Gasteiger partial charge is 0.396 e. The Morgan fingerprint density at radius 1 is 1.42 bits per heavy atom. The van der Waals surface area contributed by atoms with Crippen LogP contribution in [0.3, 0.4) is 0 Å². The third kappa shape index (κ3) is 5.77. The molecule has 0 aliphatic carbocycles. The highest BCUT2D eigenvalue weighted by Gasteiger charge is 2.25. The van der Waals surface area contributed by atoms with E-state index in [1.54, 1.807) is 17.9 Å². The second-order valence-electron chi connectivity index (χ2n) is 7.60. The lowest BCUT2D eigenvalue weighted by atomic mass is 9.99. The molecule has 0 radical (unpaired) electrons. The number of aromatic nitrogens is 2. The molecule has 1 saturated heterocycles. The number of nitrogens with zero attached hydrogens (tertiary/aromatic N) is 3. The van der Waals surface area contributed by atoms with Crippen molar-refractivity contribution in [2.45, 2.75) is 51.4 Å². The summed E-state index contributed by atoms with van der Waals surface area (Å²) >= 11 is 0. The van der Waals surface area contributed by atoms with Crippen molar-refractivity contribution in [3.8, 4) is 0 Å². The van der Waals surface area contributed by atoms with Crippen molar-refractivity contribution in [3.05, 3.63) is 11.9 Å². The fourth-order valence-corrected chi connectivity index (χ4v) is 5.07. The highest BCUT2D eigenvalue weighted by atomic mass is 32.2. The van der Waals surface area contributed by atoms with Gasteiger partial charge in [0, 0.05) is 33.4 Å². The van der Waals surface area contributed by atoms with Gasteiger partial charge in [0.2, 0.25) is 15.0 Å². The van der Waals surface area contributed by atoms with Crippen LogP contribution in [0.5, 0.6) is 0 Å². The van der Waals surface area contributed by atoms with E-state index in [0.717, 1.165) is 31.6 Å². The minimum Gasteiger partial charge on any atom is -0.396 e. The molecular weight excluding hydrogens is 354 g/mol. The molecule has 0 saturated carbocycles. The Bertz CT molecular complexity index is 657. The standard InChI is InChI=1S/C18H33N3O4S/c1-15(2)6-10-26(23,24)18-19-11-17(21(18)8-9-25-3)13-20-7-4-5-16(12-20)14-22/h11,15-16,22H,4-10,12-14H2,1-3H3. The molecule has 0 amide bonds. The number of imidazole rings is 1. The molecular formula is C18H33N3O4S. The first kappa shape index (κ1) is 21.3. The Labute approximate surface area is 157 Å². The molecule has 7 nitrogen and oxygen atoms in total. The normalized spacial score (nSPS) is 19.3. The summed E-state index contributed by atoms with van der Waals surface area (Å²) < 4.78 is 32.5. The van der Waals surface area contributed by atoms with Gasteiger partial charge in [0.1, 0.15) is 0 Å². The molecule has 1 aromatic rings. The van der Waals surface area contributed by atoms with Crippen LogP contribution in [-0.4, -0.2) is 67.1 Å². The number of piperidine rings is 1. The number of sulfone groups is 1. The Morgan fingerprint density at radius 3 is 2.85 bits per heavy atom. The van der Waals surface area contributed by atoms with E-state index in [2.05, 4.69) is 9.88 Å². The van der Waals surface area contributed by atoms with Crippen molar-refractivity contribution >= 4 is 9.84 Å². The zero-order valence-corrected chi connectivity index (χ0v) is 17.0. The van der Waals surface area contributed by atoms with Crippen LogP contribution in [0.25, 0.3) is 0 Å². The van der Waals surface area contributed by atoms with Crippen molar-refractivity contribution < 1.29 is 18.3 Å². The SMILES string of the molecule is COCCn1c(CN2CCCC(CO)C2)cnc1S(=O)(=O)CCC(C)C. The molecule has 1 N–H and O–H groups in total. The predicted octanol–water partition coefficient (Wildman–Crippen LogP) is 1.55. The maximum absolute atomic E-state index is 12.8. The van der Waals surface area contributed by atoms with Gasteiger partial charge >= 0.3 is 0 Å². The van der Waals surface area contributed by atoms with E-state index in [-0.39, 0.29) is 17.5 Å². The molecule has 1 unspecified atom stereocenters. The van der Waals surface area contributed by atoms with Gasteiger partial charge in [-0.1, -0.05) is 13.8 Å². The van der Waals surface area contributed by atoms with E-state index in [1.807, 2.05) is 13.8 Å². The number of ether oxygens (including phenoxy) is 1. The molecule has 8 heteroatoms. The van der Waals surface area contributed by atoms with Crippen LogP contribution in [0.2, 0.25) is 0 Å². The van der Waals surface area contributed by atoms with Crippen LogP contribution in [0.4, 0.5) is 0 Å². The second kappa shape index (κ2) is 9.82. The summed E-state index contributed by atoms with van der Waals surface area (Å²) in [6, 6.07) is 0. The van der Waals surface area contributed by atoms with Crippen LogP contribution >= 0.6 is 0 Å². The topological polar surface area (TPSA) is 84.7 Å². The summed E-state index contributed by atoms with van der Waals surface area (Å²) in [5.41, 5.74) is 0.892. The number of aliphatic hydroxyl groups excluding tert-OH is 1. The molecule has 0 bridgehead atoms. The molecule has 1 fully saturated rings. The number of hydrogen-bond donors (Lipinski definition) is 1. The Hall–Kier alpha value is -0.960. The van der Waals surface area contributed by atoms with Crippen molar-refractivity contribution in [2.75, 3.05) is 39.2 Å². The van der Waals surface area contributed by atoms with E-state index < -0.39 is 9.84 Å². The van der Waals surface area contributed by atoms with Crippen molar-refractivity contribution in [3.63, 3.8) is 0 Å². The smallest absolute Gasteiger partial charge is 0.227 e. The fourth-order valence-electron chi connectivity index (χ4n) is 3.34. The van der Waals surface area contributed by atoms with Crippen molar-refractivity contribution in [1.29, 1.82) is 0 Å². The van der Waals surface area contributed by atoms with Crippen LogP contribution in [0.15, 0.2) is 11.4 Å². The fraction of sp³-hybridized carbons (Fsp3) is 0.833. The maximum atomic E-state index is 12.8. The summed E-state index contributed by atoms with van der Waals surface area (Å²) in [6.07, 6.45) is 4.40. The summed E-state index contributed by atoms with van der Waals surface area (Å²) in [7, 11) is -1.80. The van der Waals surface area contributed by atoms with Crippen LogP contribution in [0, 0.1) is 11.8 Å². The zero-order valence-electron chi connectivity index (χ0n) is 16.2. The quantitative estimate of drug-likeness (QED) is 0.656. The molecule has 26 heavy (non-hydrogen) atoms. The van der Waals surface area contributed by atoms with E-state index in [9.17, 15) is 13.5 Å². The molecule has 1 aliphatic rings. The van der Waals surface area contributed by atoms with Gasteiger partial charge in [0.25, 0.3) is 0 Å². The van der Waals surface area contributed by atoms with Gasteiger partial charge in [-0.05, 0) is 37.6 Å².